The molecule has 0 spiro atoms. The lowest BCUT2D eigenvalue weighted by Gasteiger charge is -2.29. The minimum absolute atomic E-state index is 0.0591. The van der Waals surface area contributed by atoms with Gasteiger partial charge in [-0.15, -0.1) is 0 Å². The molecule has 35 heavy (non-hydrogen) atoms. The number of fused-ring (bicyclic) bond motifs is 1. The van der Waals surface area contributed by atoms with Crippen molar-refractivity contribution < 1.29 is 14.0 Å². The summed E-state index contributed by atoms with van der Waals surface area (Å²) in [6.45, 7) is 6.32. The standard InChI is InChI=1S/C29H31N3O3/c1-20(28-17-25-12-7-8-15-27(25)35-28)30-29(34)19-32(18-23-10-5-4-6-11-23)21(2)24-13-9-14-26(16-24)31-22(3)33/h4-17,20-21H,18-19H2,1-3H3,(H,30,34)(H,31,33)/t20-,21+/m0/s1. The predicted octanol–water partition coefficient (Wildman–Crippen LogP) is 5.83. The number of carbonyl (C=O) groups is 2. The number of benzene rings is 3. The van der Waals surface area contributed by atoms with Gasteiger partial charge in [0, 0.05) is 30.6 Å². The summed E-state index contributed by atoms with van der Waals surface area (Å²) in [5.74, 6) is 0.527. The summed E-state index contributed by atoms with van der Waals surface area (Å²) in [4.78, 5) is 26.8. The third kappa shape index (κ3) is 6.37. The second kappa shape index (κ2) is 11.0. The van der Waals surface area contributed by atoms with Crippen LogP contribution in [0.25, 0.3) is 11.0 Å². The van der Waals surface area contributed by atoms with Crippen LogP contribution >= 0.6 is 0 Å². The molecule has 4 rings (SSSR count). The average Bonchev–Trinajstić information content (AvgIpc) is 3.28. The highest BCUT2D eigenvalue weighted by molar-refractivity contribution is 5.88. The number of anilines is 1. The van der Waals surface area contributed by atoms with E-state index in [1.807, 2.05) is 79.7 Å². The van der Waals surface area contributed by atoms with E-state index in [-0.39, 0.29) is 30.4 Å². The molecule has 0 bridgehead atoms. The monoisotopic (exact) mass is 469 g/mol. The maximum atomic E-state index is 13.1. The van der Waals surface area contributed by atoms with E-state index in [1.165, 1.54) is 6.92 Å². The van der Waals surface area contributed by atoms with Gasteiger partial charge in [0.15, 0.2) is 0 Å². The average molecular weight is 470 g/mol. The topological polar surface area (TPSA) is 74.6 Å². The maximum Gasteiger partial charge on any atom is 0.234 e. The van der Waals surface area contributed by atoms with Crippen LogP contribution in [-0.2, 0) is 16.1 Å². The highest BCUT2D eigenvalue weighted by Crippen LogP contribution is 2.26. The van der Waals surface area contributed by atoms with Gasteiger partial charge in [-0.2, -0.15) is 0 Å². The summed E-state index contributed by atoms with van der Waals surface area (Å²) >= 11 is 0. The largest absolute Gasteiger partial charge is 0.459 e. The Kier molecular flexibility index (Phi) is 7.63. The summed E-state index contributed by atoms with van der Waals surface area (Å²) in [5, 5.41) is 6.94. The molecule has 0 fully saturated rings. The molecule has 6 heteroatoms. The quantitative estimate of drug-likeness (QED) is 0.323. The first-order chi connectivity index (χ1) is 16.9. The van der Waals surface area contributed by atoms with Crippen molar-refractivity contribution in [1.29, 1.82) is 0 Å². The van der Waals surface area contributed by atoms with E-state index < -0.39 is 0 Å². The number of nitrogens with one attached hydrogen (secondary N) is 2. The molecule has 0 unspecified atom stereocenters. The first kappa shape index (κ1) is 24.2. The number of amides is 2. The first-order valence-corrected chi connectivity index (χ1v) is 11.8. The Labute approximate surface area is 205 Å². The van der Waals surface area contributed by atoms with Gasteiger partial charge >= 0.3 is 0 Å². The highest BCUT2D eigenvalue weighted by Gasteiger charge is 2.22. The van der Waals surface area contributed by atoms with Gasteiger partial charge in [0.25, 0.3) is 0 Å². The molecule has 2 N–H and O–H groups in total. The molecule has 2 atom stereocenters. The molecule has 1 aromatic heterocycles. The van der Waals surface area contributed by atoms with Gasteiger partial charge in [-0.05, 0) is 49.2 Å². The zero-order chi connectivity index (χ0) is 24.8. The Morgan fingerprint density at radius 2 is 1.66 bits per heavy atom. The lowest BCUT2D eigenvalue weighted by atomic mass is 10.0. The SMILES string of the molecule is CC(=O)Nc1cccc([C@@H](C)N(CC(=O)N[C@@H](C)c2cc3ccccc3o2)Cc2ccccc2)c1. The van der Waals surface area contributed by atoms with Crippen LogP contribution < -0.4 is 10.6 Å². The number of rotatable bonds is 9. The minimum atomic E-state index is -0.258. The Hall–Kier alpha value is -3.90. The van der Waals surface area contributed by atoms with Crippen molar-refractivity contribution >= 4 is 28.5 Å². The molecular weight excluding hydrogens is 438 g/mol. The second-order valence-electron chi connectivity index (χ2n) is 8.85. The zero-order valence-electron chi connectivity index (χ0n) is 20.3. The van der Waals surface area contributed by atoms with Crippen molar-refractivity contribution in [2.75, 3.05) is 11.9 Å². The maximum absolute atomic E-state index is 13.1. The van der Waals surface area contributed by atoms with E-state index in [1.54, 1.807) is 0 Å². The van der Waals surface area contributed by atoms with Crippen LogP contribution in [0.1, 0.15) is 49.7 Å². The number of carbonyl (C=O) groups excluding carboxylic acids is 2. The van der Waals surface area contributed by atoms with Gasteiger partial charge in [0.2, 0.25) is 11.8 Å². The van der Waals surface area contributed by atoms with E-state index in [0.29, 0.717) is 6.54 Å². The lowest BCUT2D eigenvalue weighted by molar-refractivity contribution is -0.123. The molecule has 0 aliphatic heterocycles. The van der Waals surface area contributed by atoms with Crippen LogP contribution in [0.4, 0.5) is 5.69 Å². The van der Waals surface area contributed by atoms with Crippen LogP contribution in [0.5, 0.6) is 0 Å². The van der Waals surface area contributed by atoms with Gasteiger partial charge in [-0.25, -0.2) is 0 Å². The van der Waals surface area contributed by atoms with Crippen molar-refractivity contribution in [3.8, 4) is 0 Å². The summed E-state index contributed by atoms with van der Waals surface area (Å²) in [6, 6.07) is 27.3. The summed E-state index contributed by atoms with van der Waals surface area (Å²) < 4.78 is 5.93. The number of hydrogen-bond donors (Lipinski definition) is 2. The van der Waals surface area contributed by atoms with Gasteiger partial charge < -0.3 is 15.1 Å². The van der Waals surface area contributed by atoms with Crippen LogP contribution in [0.2, 0.25) is 0 Å². The summed E-state index contributed by atoms with van der Waals surface area (Å²) in [7, 11) is 0. The summed E-state index contributed by atoms with van der Waals surface area (Å²) in [6.07, 6.45) is 0. The fourth-order valence-corrected chi connectivity index (χ4v) is 4.20. The van der Waals surface area contributed by atoms with Crippen molar-refractivity contribution in [2.24, 2.45) is 0 Å². The number of nitrogens with zero attached hydrogens (tertiary/aromatic N) is 1. The van der Waals surface area contributed by atoms with Gasteiger partial charge in [0.1, 0.15) is 11.3 Å². The molecule has 2 amide bonds. The van der Waals surface area contributed by atoms with Crippen molar-refractivity contribution in [1.82, 2.24) is 10.2 Å². The van der Waals surface area contributed by atoms with Crippen LogP contribution in [0.3, 0.4) is 0 Å². The van der Waals surface area contributed by atoms with E-state index >= 15 is 0 Å². The molecular formula is C29H31N3O3. The third-order valence-corrected chi connectivity index (χ3v) is 6.06. The van der Waals surface area contributed by atoms with E-state index in [0.717, 1.165) is 33.5 Å². The van der Waals surface area contributed by atoms with Crippen LogP contribution in [0, 0.1) is 0 Å². The molecule has 6 nitrogen and oxygen atoms in total. The smallest absolute Gasteiger partial charge is 0.234 e. The molecule has 1 heterocycles. The van der Waals surface area contributed by atoms with Crippen molar-refractivity contribution in [3.05, 3.63) is 102 Å². The fourth-order valence-electron chi connectivity index (χ4n) is 4.20. The van der Waals surface area contributed by atoms with Crippen LogP contribution in [-0.4, -0.2) is 23.3 Å². The lowest BCUT2D eigenvalue weighted by Crippen LogP contribution is -2.39. The van der Waals surface area contributed by atoms with Gasteiger partial charge in [0.05, 0.1) is 12.6 Å². The van der Waals surface area contributed by atoms with Crippen molar-refractivity contribution in [2.45, 2.75) is 39.4 Å². The molecule has 0 aliphatic carbocycles. The third-order valence-electron chi connectivity index (χ3n) is 6.06. The first-order valence-electron chi connectivity index (χ1n) is 11.8. The Morgan fingerprint density at radius 1 is 0.914 bits per heavy atom. The molecule has 0 aliphatic rings. The Morgan fingerprint density at radius 3 is 2.40 bits per heavy atom. The van der Waals surface area contributed by atoms with Crippen LogP contribution in [0.15, 0.2) is 89.3 Å². The number of furan rings is 1. The van der Waals surface area contributed by atoms with E-state index in [4.69, 9.17) is 4.42 Å². The molecule has 0 radical (unpaired) electrons. The second-order valence-corrected chi connectivity index (χ2v) is 8.85. The van der Waals surface area contributed by atoms with E-state index in [2.05, 4.69) is 34.6 Å². The zero-order valence-corrected chi connectivity index (χ0v) is 20.3. The normalized spacial score (nSPS) is 12.9. The molecule has 3 aromatic carbocycles. The molecule has 0 saturated heterocycles. The molecule has 180 valence electrons. The van der Waals surface area contributed by atoms with Gasteiger partial charge in [-0.1, -0.05) is 60.7 Å². The summed E-state index contributed by atoms with van der Waals surface area (Å²) in [5.41, 5.74) is 3.69. The fraction of sp³-hybridized carbons (Fsp3) is 0.241. The van der Waals surface area contributed by atoms with E-state index in [9.17, 15) is 9.59 Å². The molecule has 4 aromatic rings. The number of hydrogen-bond acceptors (Lipinski definition) is 4. The van der Waals surface area contributed by atoms with Crippen molar-refractivity contribution in [3.63, 3.8) is 0 Å². The highest BCUT2D eigenvalue weighted by atomic mass is 16.3. The molecule has 0 saturated carbocycles. The predicted molar refractivity (Wildman–Crippen MR) is 139 cm³/mol. The van der Waals surface area contributed by atoms with Gasteiger partial charge in [-0.3, -0.25) is 14.5 Å². The number of para-hydroxylation sites is 1. The Balaban J connectivity index is 1.50. The Bertz CT molecular complexity index is 1270. The minimum Gasteiger partial charge on any atom is -0.459 e.